The topological polar surface area (TPSA) is 66.4 Å². The molecule has 2 N–H and O–H groups in total. The monoisotopic (exact) mass is 301 g/mol. The maximum absolute atomic E-state index is 12.2. The van der Waals surface area contributed by atoms with Gasteiger partial charge >= 0.3 is 0 Å². The number of hydrogen-bond donors (Lipinski definition) is 2. The Kier molecular flexibility index (Phi) is 5.27. The maximum Gasteiger partial charge on any atom is 0.240 e. The zero-order chi connectivity index (χ0) is 13.7. The Labute approximate surface area is 118 Å². The van der Waals surface area contributed by atoms with Crippen LogP contribution in [0.3, 0.4) is 0 Å². The first-order chi connectivity index (χ1) is 9.12. The minimum absolute atomic E-state index is 0.0587. The molecular weight excluding hydrogens is 282 g/mol. The fourth-order valence-electron chi connectivity index (χ4n) is 2.07. The van der Waals surface area contributed by atoms with Crippen molar-refractivity contribution in [1.82, 2.24) is 4.72 Å². The molecule has 0 atom stereocenters. The molecule has 0 unspecified atom stereocenters. The van der Waals surface area contributed by atoms with Crippen molar-refractivity contribution in [2.45, 2.75) is 30.2 Å². The highest BCUT2D eigenvalue weighted by Gasteiger charge is 2.21. The van der Waals surface area contributed by atoms with Crippen molar-refractivity contribution in [2.24, 2.45) is 0 Å². The van der Waals surface area contributed by atoms with E-state index in [1.807, 2.05) is 11.8 Å². The number of aliphatic hydroxyl groups excluding tert-OH is 1. The Morgan fingerprint density at radius 2 is 1.84 bits per heavy atom. The Balaban J connectivity index is 2.05. The van der Waals surface area contributed by atoms with E-state index in [1.54, 1.807) is 24.3 Å². The van der Waals surface area contributed by atoms with E-state index < -0.39 is 10.0 Å². The first-order valence-electron chi connectivity index (χ1n) is 6.42. The molecule has 1 aromatic rings. The Bertz CT molecular complexity index is 493. The summed E-state index contributed by atoms with van der Waals surface area (Å²) in [6.45, 7) is 0.0735. The molecule has 0 aliphatic carbocycles. The maximum atomic E-state index is 12.2. The molecule has 1 heterocycles. The van der Waals surface area contributed by atoms with Gasteiger partial charge in [-0.3, -0.25) is 0 Å². The molecule has 0 spiro atoms. The van der Waals surface area contributed by atoms with Crippen LogP contribution in [0.5, 0.6) is 0 Å². The van der Waals surface area contributed by atoms with Crippen LogP contribution in [0.1, 0.15) is 18.4 Å². The number of rotatable bonds is 5. The molecular formula is C13H19NO3S2. The van der Waals surface area contributed by atoms with E-state index in [9.17, 15) is 8.42 Å². The molecule has 0 aromatic heterocycles. The summed E-state index contributed by atoms with van der Waals surface area (Å²) in [7, 11) is -3.41. The van der Waals surface area contributed by atoms with E-state index in [4.69, 9.17) is 5.11 Å². The molecule has 2 rings (SSSR count). The first-order valence-corrected chi connectivity index (χ1v) is 9.05. The second kappa shape index (κ2) is 6.74. The van der Waals surface area contributed by atoms with E-state index in [0.717, 1.165) is 29.9 Å². The predicted octanol–water partition coefficient (Wildman–Crippen LogP) is 1.40. The van der Waals surface area contributed by atoms with E-state index in [-0.39, 0.29) is 12.6 Å². The molecule has 4 nitrogen and oxygen atoms in total. The summed E-state index contributed by atoms with van der Waals surface area (Å²) in [5.41, 5.74) is 0.940. The molecule has 0 bridgehead atoms. The van der Waals surface area contributed by atoms with Crippen molar-refractivity contribution in [2.75, 3.05) is 18.1 Å². The third-order valence-corrected chi connectivity index (χ3v) is 5.76. The number of benzene rings is 1. The Hall–Kier alpha value is -0.560. The summed E-state index contributed by atoms with van der Waals surface area (Å²) < 4.78 is 27.2. The molecule has 6 heteroatoms. The lowest BCUT2D eigenvalue weighted by Crippen LogP contribution is -2.37. The lowest BCUT2D eigenvalue weighted by Gasteiger charge is -2.22. The molecule has 1 saturated heterocycles. The molecule has 106 valence electrons. The van der Waals surface area contributed by atoms with Crippen LogP contribution in [-0.4, -0.2) is 37.7 Å². The lowest BCUT2D eigenvalue weighted by atomic mass is 10.2. The standard InChI is InChI=1S/C13H19NO3S2/c15-8-5-11-1-3-13(4-2-11)19(16,17)14-12-6-9-18-10-7-12/h1-4,12,14-15H,5-10H2. The minimum atomic E-state index is -3.41. The summed E-state index contributed by atoms with van der Waals surface area (Å²) in [6, 6.07) is 6.77. The van der Waals surface area contributed by atoms with Crippen LogP contribution in [0.25, 0.3) is 0 Å². The second-order valence-corrected chi connectivity index (χ2v) is 7.56. The van der Waals surface area contributed by atoms with E-state index >= 15 is 0 Å². The van der Waals surface area contributed by atoms with Crippen molar-refractivity contribution in [3.8, 4) is 0 Å². The summed E-state index contributed by atoms with van der Waals surface area (Å²) >= 11 is 1.87. The van der Waals surface area contributed by atoms with Crippen LogP contribution >= 0.6 is 11.8 Å². The fraction of sp³-hybridized carbons (Fsp3) is 0.538. The molecule has 0 radical (unpaired) electrons. The van der Waals surface area contributed by atoms with Gasteiger partial charge in [0.1, 0.15) is 0 Å². The van der Waals surface area contributed by atoms with Crippen LogP contribution in [-0.2, 0) is 16.4 Å². The number of aliphatic hydroxyl groups is 1. The molecule has 1 aliphatic heterocycles. The smallest absolute Gasteiger partial charge is 0.240 e. The van der Waals surface area contributed by atoms with Gasteiger partial charge in [0.25, 0.3) is 0 Å². The van der Waals surface area contributed by atoms with Gasteiger partial charge in [0, 0.05) is 12.6 Å². The summed E-state index contributed by atoms with van der Waals surface area (Å²) in [5.74, 6) is 2.03. The second-order valence-electron chi connectivity index (χ2n) is 4.63. The zero-order valence-corrected chi connectivity index (χ0v) is 12.3. The molecule has 0 saturated carbocycles. The number of sulfonamides is 1. The average molecular weight is 301 g/mol. The fourth-order valence-corrected chi connectivity index (χ4v) is 4.48. The van der Waals surface area contributed by atoms with Gasteiger partial charge in [0.05, 0.1) is 4.90 Å². The third-order valence-electron chi connectivity index (χ3n) is 3.18. The molecule has 1 fully saturated rings. The molecule has 1 aliphatic rings. The van der Waals surface area contributed by atoms with Crippen LogP contribution in [0.2, 0.25) is 0 Å². The van der Waals surface area contributed by atoms with Crippen molar-refractivity contribution < 1.29 is 13.5 Å². The SMILES string of the molecule is O=S(=O)(NC1CCSCC1)c1ccc(CCO)cc1. The largest absolute Gasteiger partial charge is 0.396 e. The quantitative estimate of drug-likeness (QED) is 0.862. The van der Waals surface area contributed by atoms with Gasteiger partial charge in [-0.2, -0.15) is 11.8 Å². The van der Waals surface area contributed by atoms with Crippen molar-refractivity contribution >= 4 is 21.8 Å². The van der Waals surface area contributed by atoms with Crippen LogP contribution < -0.4 is 4.72 Å². The molecule has 1 aromatic carbocycles. The zero-order valence-electron chi connectivity index (χ0n) is 10.7. The Morgan fingerprint density at radius 3 is 2.42 bits per heavy atom. The predicted molar refractivity (Wildman–Crippen MR) is 77.9 cm³/mol. The Morgan fingerprint density at radius 1 is 1.21 bits per heavy atom. The summed E-state index contributed by atoms with van der Waals surface area (Å²) in [5, 5.41) is 8.83. The van der Waals surface area contributed by atoms with Gasteiger partial charge in [0.15, 0.2) is 0 Å². The van der Waals surface area contributed by atoms with Crippen LogP contribution in [0, 0.1) is 0 Å². The van der Waals surface area contributed by atoms with Crippen molar-refractivity contribution in [3.05, 3.63) is 29.8 Å². The van der Waals surface area contributed by atoms with E-state index in [0.29, 0.717) is 11.3 Å². The van der Waals surface area contributed by atoms with Gasteiger partial charge in [-0.05, 0) is 48.5 Å². The summed E-state index contributed by atoms with van der Waals surface area (Å²) in [4.78, 5) is 0.299. The van der Waals surface area contributed by atoms with E-state index in [1.165, 1.54) is 0 Å². The van der Waals surface area contributed by atoms with Gasteiger partial charge in [-0.25, -0.2) is 13.1 Å². The van der Waals surface area contributed by atoms with E-state index in [2.05, 4.69) is 4.72 Å². The average Bonchev–Trinajstić information content (AvgIpc) is 2.40. The summed E-state index contributed by atoms with van der Waals surface area (Å²) in [6.07, 6.45) is 2.34. The van der Waals surface area contributed by atoms with Gasteiger partial charge in [-0.15, -0.1) is 0 Å². The van der Waals surface area contributed by atoms with Crippen LogP contribution in [0.15, 0.2) is 29.2 Å². The highest BCUT2D eigenvalue weighted by molar-refractivity contribution is 7.99. The van der Waals surface area contributed by atoms with Crippen LogP contribution in [0.4, 0.5) is 0 Å². The lowest BCUT2D eigenvalue weighted by molar-refractivity contribution is 0.299. The first kappa shape index (κ1) is 14.8. The molecule has 0 amide bonds. The number of nitrogens with one attached hydrogen (secondary N) is 1. The minimum Gasteiger partial charge on any atom is -0.396 e. The number of thioether (sulfide) groups is 1. The van der Waals surface area contributed by atoms with Gasteiger partial charge in [-0.1, -0.05) is 12.1 Å². The third kappa shape index (κ3) is 4.21. The van der Waals surface area contributed by atoms with Gasteiger partial charge < -0.3 is 5.11 Å². The highest BCUT2D eigenvalue weighted by atomic mass is 32.2. The van der Waals surface area contributed by atoms with Gasteiger partial charge in [0.2, 0.25) is 10.0 Å². The van der Waals surface area contributed by atoms with Crippen molar-refractivity contribution in [3.63, 3.8) is 0 Å². The number of hydrogen-bond acceptors (Lipinski definition) is 4. The van der Waals surface area contributed by atoms with Crippen molar-refractivity contribution in [1.29, 1.82) is 0 Å². The highest BCUT2D eigenvalue weighted by Crippen LogP contribution is 2.19. The normalized spacial score (nSPS) is 17.5. The molecule has 19 heavy (non-hydrogen) atoms.